The van der Waals surface area contributed by atoms with Crippen molar-refractivity contribution in [3.63, 3.8) is 0 Å². The van der Waals surface area contributed by atoms with Crippen LogP contribution in [0.4, 0.5) is 13.2 Å². The Labute approximate surface area is 148 Å². The summed E-state index contributed by atoms with van der Waals surface area (Å²) in [5.41, 5.74) is 1.13. The Morgan fingerprint density at radius 3 is 2.42 bits per heavy atom. The van der Waals surface area contributed by atoms with Gasteiger partial charge in [-0.05, 0) is 41.8 Å². The summed E-state index contributed by atoms with van der Waals surface area (Å²) in [5.74, 6) is -2.98. The molecule has 1 heterocycles. The molecule has 1 atom stereocenters. The second-order valence-electron chi connectivity index (χ2n) is 6.22. The predicted molar refractivity (Wildman–Crippen MR) is 88.4 cm³/mol. The van der Waals surface area contributed by atoms with Gasteiger partial charge in [0.15, 0.2) is 11.6 Å². The standard InChI is InChI=1S/C19H17F3N2O2/c20-14-4-1-12(2-5-14)11-24-8-7-17(19(24)26)23-18(25)10-13-3-6-15(21)16(22)9-13/h1-6,9,17H,7-8,10-11H2,(H,23,25). The first-order valence-corrected chi connectivity index (χ1v) is 8.19. The quantitative estimate of drug-likeness (QED) is 0.889. The summed E-state index contributed by atoms with van der Waals surface area (Å²) < 4.78 is 39.0. The number of hydrogen-bond donors (Lipinski definition) is 1. The topological polar surface area (TPSA) is 49.4 Å². The van der Waals surface area contributed by atoms with E-state index >= 15 is 0 Å². The molecule has 26 heavy (non-hydrogen) atoms. The SMILES string of the molecule is O=C(Cc1ccc(F)c(F)c1)NC1CCN(Cc2ccc(F)cc2)C1=O. The Bertz CT molecular complexity index is 824. The van der Waals surface area contributed by atoms with E-state index in [2.05, 4.69) is 5.32 Å². The molecule has 2 amide bonds. The van der Waals surface area contributed by atoms with Crippen LogP contribution >= 0.6 is 0 Å². The number of nitrogens with one attached hydrogen (secondary N) is 1. The molecule has 2 aromatic carbocycles. The van der Waals surface area contributed by atoms with Crippen molar-refractivity contribution in [2.24, 2.45) is 0 Å². The third-order valence-electron chi connectivity index (χ3n) is 4.27. The first-order chi connectivity index (χ1) is 12.4. The van der Waals surface area contributed by atoms with Gasteiger partial charge in [-0.3, -0.25) is 9.59 Å². The number of rotatable bonds is 5. The molecule has 0 aromatic heterocycles. The molecule has 3 rings (SSSR count). The van der Waals surface area contributed by atoms with Crippen LogP contribution < -0.4 is 5.32 Å². The van der Waals surface area contributed by atoms with Crippen LogP contribution in [0.2, 0.25) is 0 Å². The second-order valence-corrected chi connectivity index (χ2v) is 6.22. The molecule has 0 spiro atoms. The zero-order valence-electron chi connectivity index (χ0n) is 13.8. The van der Waals surface area contributed by atoms with Crippen molar-refractivity contribution in [3.05, 3.63) is 71.0 Å². The summed E-state index contributed by atoms with van der Waals surface area (Å²) >= 11 is 0. The van der Waals surface area contributed by atoms with Gasteiger partial charge in [-0.2, -0.15) is 0 Å². The minimum Gasteiger partial charge on any atom is -0.344 e. The maximum Gasteiger partial charge on any atom is 0.245 e. The van der Waals surface area contributed by atoms with E-state index in [0.717, 1.165) is 17.7 Å². The van der Waals surface area contributed by atoms with Crippen LogP contribution in [0.1, 0.15) is 17.5 Å². The number of carbonyl (C=O) groups is 2. The average molecular weight is 362 g/mol. The van der Waals surface area contributed by atoms with Gasteiger partial charge in [0.05, 0.1) is 6.42 Å². The van der Waals surface area contributed by atoms with Gasteiger partial charge in [0.2, 0.25) is 11.8 Å². The van der Waals surface area contributed by atoms with Crippen LogP contribution in [0.3, 0.4) is 0 Å². The second kappa shape index (κ2) is 7.59. The number of nitrogens with zero attached hydrogens (tertiary/aromatic N) is 1. The highest BCUT2D eigenvalue weighted by Gasteiger charge is 2.32. The summed E-state index contributed by atoms with van der Waals surface area (Å²) in [5, 5.41) is 2.63. The van der Waals surface area contributed by atoms with E-state index in [4.69, 9.17) is 0 Å². The van der Waals surface area contributed by atoms with Crippen molar-refractivity contribution in [1.29, 1.82) is 0 Å². The Kier molecular flexibility index (Phi) is 5.25. The summed E-state index contributed by atoms with van der Waals surface area (Å²) in [4.78, 5) is 26.1. The molecule has 0 aliphatic carbocycles. The maximum atomic E-state index is 13.2. The molecule has 1 N–H and O–H groups in total. The minimum atomic E-state index is -1.02. The van der Waals surface area contributed by atoms with Gasteiger partial charge < -0.3 is 10.2 Å². The van der Waals surface area contributed by atoms with E-state index in [1.54, 1.807) is 17.0 Å². The van der Waals surface area contributed by atoms with Crippen LogP contribution in [-0.4, -0.2) is 29.3 Å². The van der Waals surface area contributed by atoms with Gasteiger partial charge in [0.1, 0.15) is 11.9 Å². The molecule has 1 aliphatic rings. The molecule has 4 nitrogen and oxygen atoms in total. The van der Waals surface area contributed by atoms with E-state index in [-0.39, 0.29) is 18.1 Å². The zero-order chi connectivity index (χ0) is 18.7. The molecule has 0 bridgehead atoms. The first kappa shape index (κ1) is 18.0. The smallest absolute Gasteiger partial charge is 0.245 e. The third-order valence-corrected chi connectivity index (χ3v) is 4.27. The summed E-state index contributed by atoms with van der Waals surface area (Å²) in [7, 11) is 0. The fourth-order valence-corrected chi connectivity index (χ4v) is 2.92. The van der Waals surface area contributed by atoms with E-state index in [0.29, 0.717) is 25.1 Å². The summed E-state index contributed by atoms with van der Waals surface area (Å²) in [6.07, 6.45) is 0.322. The Hall–Kier alpha value is -2.83. The molecule has 2 aromatic rings. The number of halogens is 3. The molecule has 1 aliphatic heterocycles. The van der Waals surface area contributed by atoms with Crippen molar-refractivity contribution in [1.82, 2.24) is 10.2 Å². The fraction of sp³-hybridized carbons (Fsp3) is 0.263. The van der Waals surface area contributed by atoms with E-state index in [1.807, 2.05) is 0 Å². The Morgan fingerprint density at radius 1 is 1.04 bits per heavy atom. The first-order valence-electron chi connectivity index (χ1n) is 8.19. The molecule has 1 fully saturated rings. The molecule has 7 heteroatoms. The average Bonchev–Trinajstić information content (AvgIpc) is 2.93. The molecule has 136 valence electrons. The van der Waals surface area contributed by atoms with Gasteiger partial charge in [-0.15, -0.1) is 0 Å². The lowest BCUT2D eigenvalue weighted by Crippen LogP contribution is -2.41. The summed E-state index contributed by atoms with van der Waals surface area (Å²) in [6, 6.07) is 8.49. The van der Waals surface area contributed by atoms with Crippen molar-refractivity contribution in [2.75, 3.05) is 6.54 Å². The van der Waals surface area contributed by atoms with E-state index in [9.17, 15) is 22.8 Å². The van der Waals surface area contributed by atoms with Gasteiger partial charge in [-0.25, -0.2) is 13.2 Å². The van der Waals surface area contributed by atoms with Crippen LogP contribution in [0.15, 0.2) is 42.5 Å². The Balaban J connectivity index is 1.55. The van der Waals surface area contributed by atoms with Crippen LogP contribution in [0.25, 0.3) is 0 Å². The third kappa shape index (κ3) is 4.22. The van der Waals surface area contributed by atoms with Gasteiger partial charge in [-0.1, -0.05) is 18.2 Å². The van der Waals surface area contributed by atoms with Crippen molar-refractivity contribution >= 4 is 11.8 Å². The van der Waals surface area contributed by atoms with Crippen LogP contribution in [0, 0.1) is 17.5 Å². The molecular formula is C19H17F3N2O2. The summed E-state index contributed by atoms with van der Waals surface area (Å²) in [6.45, 7) is 0.820. The van der Waals surface area contributed by atoms with E-state index in [1.165, 1.54) is 18.2 Å². The van der Waals surface area contributed by atoms with Gasteiger partial charge in [0, 0.05) is 13.1 Å². The number of likely N-dealkylation sites (tertiary alicyclic amines) is 1. The molecular weight excluding hydrogens is 345 g/mol. The lowest BCUT2D eigenvalue weighted by atomic mass is 10.1. The zero-order valence-corrected chi connectivity index (χ0v) is 13.8. The number of benzene rings is 2. The van der Waals surface area contributed by atoms with Gasteiger partial charge >= 0.3 is 0 Å². The van der Waals surface area contributed by atoms with Crippen molar-refractivity contribution in [3.8, 4) is 0 Å². The number of carbonyl (C=O) groups excluding carboxylic acids is 2. The highest BCUT2D eigenvalue weighted by atomic mass is 19.2. The predicted octanol–water partition coefficient (Wildman–Crippen LogP) is 2.56. The van der Waals surface area contributed by atoms with Crippen molar-refractivity contribution < 1.29 is 22.8 Å². The molecule has 0 saturated carbocycles. The fourth-order valence-electron chi connectivity index (χ4n) is 2.92. The normalized spacial score (nSPS) is 16.8. The van der Waals surface area contributed by atoms with Gasteiger partial charge in [0.25, 0.3) is 0 Å². The van der Waals surface area contributed by atoms with Crippen LogP contribution in [-0.2, 0) is 22.6 Å². The number of amides is 2. The number of hydrogen-bond acceptors (Lipinski definition) is 2. The molecule has 1 unspecified atom stereocenters. The van der Waals surface area contributed by atoms with Crippen LogP contribution in [0.5, 0.6) is 0 Å². The Morgan fingerprint density at radius 2 is 1.73 bits per heavy atom. The highest BCUT2D eigenvalue weighted by molar-refractivity contribution is 5.89. The lowest BCUT2D eigenvalue weighted by Gasteiger charge is -2.17. The monoisotopic (exact) mass is 362 g/mol. The van der Waals surface area contributed by atoms with Crippen molar-refractivity contribution in [2.45, 2.75) is 25.4 Å². The highest BCUT2D eigenvalue weighted by Crippen LogP contribution is 2.16. The molecule has 0 radical (unpaired) electrons. The molecule has 1 saturated heterocycles. The largest absolute Gasteiger partial charge is 0.344 e. The lowest BCUT2D eigenvalue weighted by molar-refractivity contribution is -0.132. The maximum absolute atomic E-state index is 13.2. The van der Waals surface area contributed by atoms with E-state index < -0.39 is 23.6 Å². The minimum absolute atomic E-state index is 0.140.